The Bertz CT molecular complexity index is 2100. The van der Waals surface area contributed by atoms with Crippen LogP contribution in [0, 0.1) is 0 Å². The molecule has 0 aliphatic heterocycles. The number of nitrogens with zero attached hydrogens (tertiary/aromatic N) is 2. The second kappa shape index (κ2) is 14.3. The van der Waals surface area contributed by atoms with Gasteiger partial charge in [0.05, 0.1) is 22.6 Å². The van der Waals surface area contributed by atoms with Gasteiger partial charge in [0.25, 0.3) is 0 Å². The standard InChI is InChI=1S/C46H41BN2O2/c1-45(2,50)46(3,4)51-47-38-28-36(41-21-13-11-19-39(41)34-23-25-43(48-30-34)32-15-7-5-8-16-32)27-37(29-38)42-22-14-12-20-40(42)35-24-26-44(49-31-35)33-17-9-6-10-18-33/h5-31,47,50H,1-4H3. The van der Waals surface area contributed by atoms with E-state index in [4.69, 9.17) is 14.6 Å². The molecule has 2 aromatic heterocycles. The Morgan fingerprint density at radius 3 is 1.22 bits per heavy atom. The predicted molar refractivity (Wildman–Crippen MR) is 213 cm³/mol. The van der Waals surface area contributed by atoms with Crippen molar-refractivity contribution in [2.45, 2.75) is 38.9 Å². The quantitative estimate of drug-likeness (QED) is 0.148. The maximum Gasteiger partial charge on any atom is 0.309 e. The van der Waals surface area contributed by atoms with Gasteiger partial charge in [0.1, 0.15) is 0 Å². The fourth-order valence-corrected chi connectivity index (χ4v) is 6.17. The highest BCUT2D eigenvalue weighted by atomic mass is 16.5. The van der Waals surface area contributed by atoms with Crippen molar-refractivity contribution in [1.29, 1.82) is 0 Å². The number of pyridine rings is 2. The van der Waals surface area contributed by atoms with Crippen molar-refractivity contribution in [3.8, 4) is 67.0 Å². The summed E-state index contributed by atoms with van der Waals surface area (Å²) in [5, 5.41) is 10.9. The Balaban J connectivity index is 1.31. The molecule has 4 nitrogen and oxygen atoms in total. The van der Waals surface area contributed by atoms with Crippen LogP contribution >= 0.6 is 0 Å². The molecule has 0 unspecified atom stereocenters. The normalized spacial score (nSPS) is 11.7. The van der Waals surface area contributed by atoms with Crippen molar-refractivity contribution < 1.29 is 9.76 Å². The zero-order chi connectivity index (χ0) is 35.4. The SMILES string of the molecule is CC(C)(O)C(C)(C)OBc1cc(-c2ccccc2-c2ccc(-c3ccccc3)nc2)cc(-c2ccccc2-c2ccc(-c3ccccc3)nc2)c1. The van der Waals surface area contributed by atoms with E-state index in [2.05, 4.69) is 115 Å². The molecule has 1 N–H and O–H groups in total. The van der Waals surface area contributed by atoms with E-state index in [-0.39, 0.29) is 0 Å². The first-order valence-electron chi connectivity index (χ1n) is 17.4. The van der Waals surface area contributed by atoms with Gasteiger partial charge < -0.3 is 9.76 Å². The molecule has 0 aliphatic carbocycles. The lowest BCUT2D eigenvalue weighted by Gasteiger charge is -2.37. The number of hydrogen-bond acceptors (Lipinski definition) is 4. The fraction of sp³-hybridized carbons (Fsp3) is 0.130. The molecule has 7 aromatic rings. The number of benzene rings is 5. The van der Waals surface area contributed by atoms with Crippen molar-refractivity contribution in [3.63, 3.8) is 0 Å². The molecule has 0 radical (unpaired) electrons. The molecule has 0 aliphatic rings. The minimum absolute atomic E-state index is 0.336. The summed E-state index contributed by atoms with van der Waals surface area (Å²) in [6, 6.07) is 52.6. The number of hydrogen-bond donors (Lipinski definition) is 1. The van der Waals surface area contributed by atoms with Crippen LogP contribution < -0.4 is 5.46 Å². The summed E-state index contributed by atoms with van der Waals surface area (Å²) in [5.74, 6) is 0. The first-order valence-corrected chi connectivity index (χ1v) is 17.4. The molecule has 0 spiro atoms. The molecule has 2 heterocycles. The maximum atomic E-state index is 10.9. The average molecular weight is 665 g/mol. The Hall–Kier alpha value is -5.62. The van der Waals surface area contributed by atoms with Crippen LogP contribution in [-0.2, 0) is 4.65 Å². The lowest BCUT2D eigenvalue weighted by molar-refractivity contribution is -0.0893. The number of aromatic nitrogens is 2. The average Bonchev–Trinajstić information content (AvgIpc) is 3.17. The van der Waals surface area contributed by atoms with Crippen LogP contribution in [0.15, 0.2) is 164 Å². The van der Waals surface area contributed by atoms with Crippen LogP contribution in [0.1, 0.15) is 27.7 Å². The van der Waals surface area contributed by atoms with Crippen molar-refractivity contribution in [3.05, 3.63) is 164 Å². The molecule has 0 saturated heterocycles. The molecule has 5 heteroatoms. The van der Waals surface area contributed by atoms with Gasteiger partial charge in [-0.1, -0.05) is 139 Å². The monoisotopic (exact) mass is 664 g/mol. The summed E-state index contributed by atoms with van der Waals surface area (Å²) < 4.78 is 6.43. The first kappa shape index (κ1) is 33.9. The molecule has 0 atom stereocenters. The molecule has 0 fully saturated rings. The van der Waals surface area contributed by atoms with Crippen molar-refractivity contribution in [1.82, 2.24) is 9.97 Å². The molecule has 0 saturated carbocycles. The molecule has 0 bridgehead atoms. The zero-order valence-electron chi connectivity index (χ0n) is 29.5. The van der Waals surface area contributed by atoms with E-state index in [0.717, 1.165) is 72.5 Å². The lowest BCUT2D eigenvalue weighted by Crippen LogP contribution is -2.49. The van der Waals surface area contributed by atoms with Crippen LogP contribution in [0.3, 0.4) is 0 Å². The second-order valence-corrected chi connectivity index (χ2v) is 14.0. The molecule has 5 aromatic carbocycles. The van der Waals surface area contributed by atoms with Crippen molar-refractivity contribution in [2.75, 3.05) is 0 Å². The van der Waals surface area contributed by atoms with E-state index >= 15 is 0 Å². The van der Waals surface area contributed by atoms with Gasteiger partial charge >= 0.3 is 7.48 Å². The molecule has 250 valence electrons. The van der Waals surface area contributed by atoms with E-state index < -0.39 is 11.2 Å². The molecule has 51 heavy (non-hydrogen) atoms. The van der Waals surface area contributed by atoms with Gasteiger partial charge in [-0.05, 0) is 79.3 Å². The van der Waals surface area contributed by atoms with Gasteiger partial charge in [0.15, 0.2) is 0 Å². The molecule has 7 rings (SSSR count). The van der Waals surface area contributed by atoms with Gasteiger partial charge in [-0.2, -0.15) is 0 Å². The highest BCUT2D eigenvalue weighted by Gasteiger charge is 2.35. The summed E-state index contributed by atoms with van der Waals surface area (Å²) in [6.07, 6.45) is 3.92. The number of aliphatic hydroxyl groups is 1. The van der Waals surface area contributed by atoms with Crippen LogP contribution in [0.2, 0.25) is 0 Å². The van der Waals surface area contributed by atoms with Crippen LogP contribution in [0.4, 0.5) is 0 Å². The highest BCUT2D eigenvalue weighted by Crippen LogP contribution is 2.37. The van der Waals surface area contributed by atoms with Gasteiger partial charge in [0, 0.05) is 34.6 Å². The van der Waals surface area contributed by atoms with E-state index in [0.29, 0.717) is 7.48 Å². The zero-order valence-corrected chi connectivity index (χ0v) is 29.5. The van der Waals surface area contributed by atoms with Crippen LogP contribution in [0.5, 0.6) is 0 Å². The third-order valence-electron chi connectivity index (χ3n) is 9.83. The van der Waals surface area contributed by atoms with Crippen LogP contribution in [0.25, 0.3) is 67.0 Å². The van der Waals surface area contributed by atoms with Gasteiger partial charge in [-0.3, -0.25) is 9.97 Å². The third-order valence-corrected chi connectivity index (χ3v) is 9.83. The maximum absolute atomic E-state index is 10.9. The Morgan fingerprint density at radius 1 is 0.451 bits per heavy atom. The lowest BCUT2D eigenvalue weighted by atomic mass is 9.79. The Labute approximate surface area is 301 Å². The van der Waals surface area contributed by atoms with Gasteiger partial charge in [0.2, 0.25) is 0 Å². The largest absolute Gasteiger partial charge is 0.427 e. The molecular weight excluding hydrogens is 623 g/mol. The summed E-state index contributed by atoms with van der Waals surface area (Å²) in [7, 11) is 0.336. The summed E-state index contributed by atoms with van der Waals surface area (Å²) >= 11 is 0. The van der Waals surface area contributed by atoms with E-state index in [1.165, 1.54) is 0 Å². The van der Waals surface area contributed by atoms with Gasteiger partial charge in [-0.25, -0.2) is 0 Å². The predicted octanol–water partition coefficient (Wildman–Crippen LogP) is 10.0. The van der Waals surface area contributed by atoms with Crippen LogP contribution in [-0.4, -0.2) is 33.8 Å². The Morgan fingerprint density at radius 2 is 0.843 bits per heavy atom. The minimum Gasteiger partial charge on any atom is -0.427 e. The van der Waals surface area contributed by atoms with E-state index in [9.17, 15) is 5.11 Å². The van der Waals surface area contributed by atoms with Gasteiger partial charge in [-0.15, -0.1) is 0 Å². The third kappa shape index (κ3) is 7.46. The van der Waals surface area contributed by atoms with Crippen molar-refractivity contribution in [2.24, 2.45) is 0 Å². The Kier molecular flexibility index (Phi) is 9.51. The summed E-state index contributed by atoms with van der Waals surface area (Å²) in [6.45, 7) is 7.44. The molecular formula is C46H41BN2O2. The highest BCUT2D eigenvalue weighted by molar-refractivity contribution is 6.47. The number of rotatable bonds is 10. The topological polar surface area (TPSA) is 55.2 Å². The summed E-state index contributed by atoms with van der Waals surface area (Å²) in [4.78, 5) is 9.69. The van der Waals surface area contributed by atoms with Crippen molar-refractivity contribution >= 4 is 12.9 Å². The smallest absolute Gasteiger partial charge is 0.309 e. The van der Waals surface area contributed by atoms with E-state index in [1.807, 2.05) is 62.6 Å². The summed E-state index contributed by atoms with van der Waals surface area (Å²) in [5.41, 5.74) is 11.9. The first-order chi connectivity index (χ1) is 24.7. The minimum atomic E-state index is -1.02. The molecule has 0 amide bonds. The second-order valence-electron chi connectivity index (χ2n) is 14.0. The van der Waals surface area contributed by atoms with E-state index in [1.54, 1.807) is 13.8 Å². The fourth-order valence-electron chi connectivity index (χ4n) is 6.17.